The molecule has 0 saturated carbocycles. The Kier molecular flexibility index (Phi) is 32.0. The molecule has 54 heavy (non-hydrogen) atoms. The van der Waals surface area contributed by atoms with Crippen LogP contribution in [0.15, 0.2) is 36.7 Å². The Labute approximate surface area is 338 Å². The molecule has 0 bridgehead atoms. The van der Waals surface area contributed by atoms with Crippen molar-refractivity contribution in [3.8, 4) is 11.4 Å². The van der Waals surface area contributed by atoms with Gasteiger partial charge in [-0.3, -0.25) is 9.97 Å². The Hall–Kier alpha value is -1.70. The van der Waals surface area contributed by atoms with Gasteiger partial charge in [-0.15, -0.1) is 0 Å². The summed E-state index contributed by atoms with van der Waals surface area (Å²) in [4.78, 5) is 9.69. The van der Waals surface area contributed by atoms with Crippen LogP contribution in [0.1, 0.15) is 257 Å². The molecule has 0 spiro atoms. The van der Waals surface area contributed by atoms with E-state index in [1.807, 2.05) is 12.4 Å². The summed E-state index contributed by atoms with van der Waals surface area (Å²) in [5.74, 6) is 1.73. The van der Waals surface area contributed by atoms with Crippen LogP contribution in [0.25, 0.3) is 11.4 Å². The van der Waals surface area contributed by atoms with Gasteiger partial charge in [-0.2, -0.15) is 0 Å². The van der Waals surface area contributed by atoms with Crippen LogP contribution < -0.4 is 0 Å². The zero-order valence-corrected chi connectivity index (χ0v) is 37.0. The van der Waals surface area contributed by atoms with E-state index in [1.54, 1.807) is 0 Å². The van der Waals surface area contributed by atoms with Crippen LogP contribution in [0.3, 0.4) is 0 Å². The van der Waals surface area contributed by atoms with Crippen molar-refractivity contribution in [2.75, 3.05) is 0 Å². The van der Waals surface area contributed by atoms with Crippen LogP contribution in [0, 0.1) is 11.8 Å². The Bertz CT molecular complexity index is 992. The number of nitrogens with zero attached hydrogens (tertiary/aromatic N) is 2. The summed E-state index contributed by atoms with van der Waals surface area (Å²) in [6, 6.07) is 9.24. The molecule has 310 valence electrons. The van der Waals surface area contributed by atoms with Crippen molar-refractivity contribution in [1.82, 2.24) is 9.97 Å². The summed E-state index contributed by atoms with van der Waals surface area (Å²) in [6.45, 7) is 9.28. The highest BCUT2D eigenvalue weighted by atomic mass is 14.8. The van der Waals surface area contributed by atoms with Crippen molar-refractivity contribution in [3.63, 3.8) is 0 Å². The lowest BCUT2D eigenvalue weighted by Crippen LogP contribution is -2.04. The fourth-order valence-corrected chi connectivity index (χ4v) is 8.71. The van der Waals surface area contributed by atoms with E-state index in [9.17, 15) is 0 Å². The van der Waals surface area contributed by atoms with Gasteiger partial charge in [0.25, 0.3) is 0 Å². The average Bonchev–Trinajstić information content (AvgIpc) is 3.20. The number of hydrogen-bond donors (Lipinski definition) is 0. The minimum absolute atomic E-state index is 0.865. The zero-order chi connectivity index (χ0) is 38.6. The summed E-state index contributed by atoms with van der Waals surface area (Å²) in [5, 5.41) is 0. The lowest BCUT2D eigenvalue weighted by molar-refractivity contribution is 0.380. The van der Waals surface area contributed by atoms with Gasteiger partial charge in [-0.05, 0) is 72.9 Å². The van der Waals surface area contributed by atoms with Gasteiger partial charge in [0.15, 0.2) is 0 Å². The Balaban J connectivity index is 1.91. The first-order valence-corrected chi connectivity index (χ1v) is 24.6. The number of aromatic nitrogens is 2. The third kappa shape index (κ3) is 26.2. The maximum Gasteiger partial charge on any atom is 0.0888 e. The molecule has 2 aromatic heterocycles. The van der Waals surface area contributed by atoms with Gasteiger partial charge in [0.05, 0.1) is 11.4 Å². The molecule has 0 fully saturated rings. The van der Waals surface area contributed by atoms with Crippen LogP contribution in [-0.2, 0) is 12.8 Å². The minimum atomic E-state index is 0.865. The van der Waals surface area contributed by atoms with Gasteiger partial charge in [-0.1, -0.05) is 233 Å². The Morgan fingerprint density at radius 1 is 0.333 bits per heavy atom. The zero-order valence-electron chi connectivity index (χ0n) is 37.0. The highest BCUT2D eigenvalue weighted by Crippen LogP contribution is 2.27. The molecule has 2 rings (SSSR count). The van der Waals surface area contributed by atoms with Crippen LogP contribution >= 0.6 is 0 Å². The first-order valence-electron chi connectivity index (χ1n) is 24.6. The van der Waals surface area contributed by atoms with Crippen molar-refractivity contribution in [3.05, 3.63) is 47.8 Å². The molecule has 0 amide bonds. The number of aryl methyl sites for hydroxylation is 2. The fraction of sp³-hybridized carbons (Fsp3) is 0.808. The molecule has 0 radical (unpaired) electrons. The molecule has 2 heteroatoms. The summed E-state index contributed by atoms with van der Waals surface area (Å²) < 4.78 is 0. The van der Waals surface area contributed by atoms with Gasteiger partial charge in [0.2, 0.25) is 0 Å². The van der Waals surface area contributed by atoms with Crippen LogP contribution in [-0.4, -0.2) is 9.97 Å². The average molecular weight is 745 g/mol. The molecule has 2 heterocycles. The highest BCUT2D eigenvalue weighted by molar-refractivity contribution is 5.55. The molecule has 2 atom stereocenters. The Morgan fingerprint density at radius 3 is 0.870 bits per heavy atom. The highest BCUT2D eigenvalue weighted by Gasteiger charge is 2.13. The molecule has 0 aliphatic heterocycles. The third-order valence-corrected chi connectivity index (χ3v) is 12.5. The monoisotopic (exact) mass is 745 g/mol. The Morgan fingerprint density at radius 2 is 0.593 bits per heavy atom. The topological polar surface area (TPSA) is 25.8 Å². The van der Waals surface area contributed by atoms with Gasteiger partial charge in [-0.25, -0.2) is 0 Å². The fourth-order valence-electron chi connectivity index (χ4n) is 8.71. The van der Waals surface area contributed by atoms with Gasteiger partial charge >= 0.3 is 0 Å². The standard InChI is InChI=1S/C52H92N2/c1-5-9-13-17-21-23-27-31-35-47(33-29-25-19-15-11-7-3)37-39-49-41-43-53-51(45-49)52-46-50(42-44-54-52)40-38-48(34-30-26-20-16-12-8-4)36-32-28-24-22-18-14-10-6-2/h41-48H,5-40H2,1-4H3. The third-order valence-electron chi connectivity index (χ3n) is 12.5. The number of rotatable bonds is 39. The van der Waals surface area contributed by atoms with Gasteiger partial charge in [0.1, 0.15) is 0 Å². The van der Waals surface area contributed by atoms with Crippen molar-refractivity contribution in [2.24, 2.45) is 11.8 Å². The second kappa shape index (κ2) is 35.7. The normalized spacial score (nSPS) is 12.7. The van der Waals surface area contributed by atoms with E-state index in [0.717, 1.165) is 23.2 Å². The van der Waals surface area contributed by atoms with Crippen LogP contribution in [0.2, 0.25) is 0 Å². The van der Waals surface area contributed by atoms with E-state index in [-0.39, 0.29) is 0 Å². The molecule has 2 aromatic rings. The molecule has 0 aromatic carbocycles. The second-order valence-electron chi connectivity index (χ2n) is 17.5. The molecule has 2 nitrogen and oxygen atoms in total. The molecule has 2 unspecified atom stereocenters. The van der Waals surface area contributed by atoms with Crippen molar-refractivity contribution in [2.45, 2.75) is 259 Å². The van der Waals surface area contributed by atoms with Crippen molar-refractivity contribution < 1.29 is 0 Å². The lowest BCUT2D eigenvalue weighted by atomic mass is 9.88. The maximum atomic E-state index is 4.84. The molecule has 0 aliphatic rings. The summed E-state index contributed by atoms with van der Waals surface area (Å²) in [6.07, 6.45) is 54.4. The molecule has 0 N–H and O–H groups in total. The quantitative estimate of drug-likeness (QED) is 0.0637. The first kappa shape index (κ1) is 48.4. The van der Waals surface area contributed by atoms with Gasteiger partial charge < -0.3 is 0 Å². The molecular formula is C52H92N2. The summed E-state index contributed by atoms with van der Waals surface area (Å²) in [7, 11) is 0. The summed E-state index contributed by atoms with van der Waals surface area (Å²) >= 11 is 0. The van der Waals surface area contributed by atoms with Crippen molar-refractivity contribution in [1.29, 1.82) is 0 Å². The largest absolute Gasteiger partial charge is 0.255 e. The van der Waals surface area contributed by atoms with E-state index in [4.69, 9.17) is 9.97 Å². The smallest absolute Gasteiger partial charge is 0.0888 e. The van der Waals surface area contributed by atoms with Crippen LogP contribution in [0.5, 0.6) is 0 Å². The SMILES string of the molecule is CCCCCCCCCCC(CCCCCCCC)CCc1ccnc(-c2cc(CCC(CCCCCCCC)CCCCCCCCCC)ccn2)c1. The second-order valence-corrected chi connectivity index (χ2v) is 17.5. The van der Waals surface area contributed by atoms with E-state index < -0.39 is 0 Å². The maximum absolute atomic E-state index is 4.84. The predicted molar refractivity (Wildman–Crippen MR) is 242 cm³/mol. The van der Waals surface area contributed by atoms with Gasteiger partial charge in [0, 0.05) is 12.4 Å². The molecular weight excluding hydrogens is 653 g/mol. The van der Waals surface area contributed by atoms with E-state index in [1.165, 1.54) is 242 Å². The van der Waals surface area contributed by atoms with E-state index in [0.29, 0.717) is 0 Å². The van der Waals surface area contributed by atoms with Crippen molar-refractivity contribution >= 4 is 0 Å². The molecule has 0 aliphatic carbocycles. The minimum Gasteiger partial charge on any atom is -0.255 e. The van der Waals surface area contributed by atoms with E-state index >= 15 is 0 Å². The van der Waals surface area contributed by atoms with Crippen LogP contribution in [0.4, 0.5) is 0 Å². The lowest BCUT2D eigenvalue weighted by Gasteiger charge is -2.18. The van der Waals surface area contributed by atoms with E-state index in [2.05, 4.69) is 52.0 Å². The first-order chi connectivity index (χ1) is 26.7. The summed E-state index contributed by atoms with van der Waals surface area (Å²) in [5.41, 5.74) is 5.01. The predicted octanol–water partition coefficient (Wildman–Crippen LogP) is 17.8. The number of hydrogen-bond acceptors (Lipinski definition) is 2. The number of unbranched alkanes of at least 4 members (excludes halogenated alkanes) is 24. The molecule has 0 saturated heterocycles. The number of pyridine rings is 2.